The van der Waals surface area contributed by atoms with Crippen LogP contribution in [0.5, 0.6) is 0 Å². The quantitative estimate of drug-likeness (QED) is 0.137. The van der Waals surface area contributed by atoms with Gasteiger partial charge in [-0.15, -0.1) is 0 Å². The highest BCUT2D eigenvalue weighted by Crippen LogP contribution is 2.22. The number of benzene rings is 2. The first kappa shape index (κ1) is 28.8. The Kier molecular flexibility index (Phi) is 10.1. The maximum atomic E-state index is 13.6. The first-order valence-electron chi connectivity index (χ1n) is 12.6. The van der Waals surface area contributed by atoms with Gasteiger partial charge in [0.25, 0.3) is 0 Å². The Hall–Kier alpha value is -4.73. The highest BCUT2D eigenvalue weighted by Gasteiger charge is 2.29. The molecule has 0 aliphatic carbocycles. The van der Waals surface area contributed by atoms with E-state index in [2.05, 4.69) is 20.9 Å². The minimum atomic E-state index is -0.915. The molecule has 39 heavy (non-hydrogen) atoms. The number of pyridine rings is 1. The van der Waals surface area contributed by atoms with Crippen molar-refractivity contribution in [1.82, 2.24) is 15.6 Å². The van der Waals surface area contributed by atoms with Gasteiger partial charge in [0.15, 0.2) is 0 Å². The summed E-state index contributed by atoms with van der Waals surface area (Å²) in [6.07, 6.45) is 2.26. The van der Waals surface area contributed by atoms with E-state index in [1.54, 1.807) is 54.7 Å². The zero-order valence-corrected chi connectivity index (χ0v) is 22.2. The molecular formula is C29H34N6O4. The predicted molar refractivity (Wildman–Crippen MR) is 149 cm³/mol. The largest absolute Gasteiger partial charge is 0.465 e. The molecule has 10 heteroatoms. The zero-order chi connectivity index (χ0) is 28.4. The van der Waals surface area contributed by atoms with Crippen molar-refractivity contribution < 1.29 is 19.1 Å². The van der Waals surface area contributed by atoms with Gasteiger partial charge in [-0.1, -0.05) is 44.2 Å². The monoisotopic (exact) mass is 530 g/mol. The summed E-state index contributed by atoms with van der Waals surface area (Å²) in [6, 6.07) is 17.2. The summed E-state index contributed by atoms with van der Waals surface area (Å²) >= 11 is 0. The van der Waals surface area contributed by atoms with Gasteiger partial charge in [0.1, 0.15) is 17.9 Å². The number of hydrogen-bond acceptors (Lipinski definition) is 7. The molecule has 2 unspecified atom stereocenters. The number of nitrogen functional groups attached to an aromatic ring is 1. The fraction of sp³-hybridized carbons (Fsp3) is 0.276. The Balaban J connectivity index is 1.81. The summed E-state index contributed by atoms with van der Waals surface area (Å²) in [5, 5.41) is 16.7. The molecule has 2 aromatic carbocycles. The van der Waals surface area contributed by atoms with E-state index in [1.165, 1.54) is 7.11 Å². The average molecular weight is 531 g/mol. The molecule has 0 saturated heterocycles. The summed E-state index contributed by atoms with van der Waals surface area (Å²) in [6.45, 7) is 4.09. The number of esters is 1. The molecule has 204 valence electrons. The summed E-state index contributed by atoms with van der Waals surface area (Å²) in [7, 11) is 1.30. The number of anilines is 1. The molecule has 0 aliphatic rings. The minimum absolute atomic E-state index is 0.107. The number of nitrogens with zero attached hydrogens (tertiary/aromatic N) is 1. The molecule has 0 bridgehead atoms. The molecular weight excluding hydrogens is 496 g/mol. The van der Waals surface area contributed by atoms with Crippen LogP contribution in [0.1, 0.15) is 47.1 Å². The first-order chi connectivity index (χ1) is 18.7. The van der Waals surface area contributed by atoms with Crippen LogP contribution in [-0.2, 0) is 20.7 Å². The van der Waals surface area contributed by atoms with Crippen molar-refractivity contribution >= 4 is 29.3 Å². The molecule has 3 aromatic rings. The molecule has 1 heterocycles. The van der Waals surface area contributed by atoms with Gasteiger partial charge >= 0.3 is 5.97 Å². The Labute approximate surface area is 227 Å². The second-order valence-corrected chi connectivity index (χ2v) is 9.28. The molecule has 0 fully saturated rings. The lowest BCUT2D eigenvalue weighted by Gasteiger charge is -2.26. The number of amidine groups is 1. The highest BCUT2D eigenvalue weighted by atomic mass is 16.5. The van der Waals surface area contributed by atoms with Crippen LogP contribution in [-0.4, -0.2) is 48.3 Å². The Morgan fingerprint density at radius 3 is 2.33 bits per heavy atom. The lowest BCUT2D eigenvalue weighted by atomic mass is 10.00. The van der Waals surface area contributed by atoms with Crippen LogP contribution in [0.2, 0.25) is 0 Å². The second kappa shape index (κ2) is 13.7. The number of amides is 2. The van der Waals surface area contributed by atoms with E-state index < -0.39 is 24.0 Å². The van der Waals surface area contributed by atoms with E-state index in [-0.39, 0.29) is 17.7 Å². The van der Waals surface area contributed by atoms with Crippen molar-refractivity contribution in [2.45, 2.75) is 32.4 Å². The van der Waals surface area contributed by atoms with Gasteiger partial charge in [-0.05, 0) is 47.9 Å². The number of hydrogen-bond donors (Lipinski definition) is 5. The Morgan fingerprint density at radius 1 is 0.974 bits per heavy atom. The number of aromatic nitrogens is 1. The van der Waals surface area contributed by atoms with Crippen molar-refractivity contribution in [3.05, 3.63) is 95.3 Å². The van der Waals surface area contributed by atoms with E-state index in [4.69, 9.17) is 15.9 Å². The van der Waals surface area contributed by atoms with Gasteiger partial charge in [0, 0.05) is 36.1 Å². The van der Waals surface area contributed by atoms with E-state index >= 15 is 0 Å². The van der Waals surface area contributed by atoms with Gasteiger partial charge < -0.3 is 26.4 Å². The van der Waals surface area contributed by atoms with Crippen LogP contribution in [0.4, 0.5) is 5.69 Å². The first-order valence-corrected chi connectivity index (χ1v) is 12.6. The third-order valence-corrected chi connectivity index (χ3v) is 6.07. The SMILES string of the molecule is COC(=O)c1ccc(C(Nc2cccc(C(=N)N)c2)C(=O)NC(C(=O)NCCc2ccccn2)C(C)C)cc1. The summed E-state index contributed by atoms with van der Waals surface area (Å²) in [5.74, 6) is -1.52. The fourth-order valence-corrected chi connectivity index (χ4v) is 3.91. The Bertz CT molecular complexity index is 1290. The van der Waals surface area contributed by atoms with Crippen molar-refractivity contribution in [1.29, 1.82) is 5.41 Å². The maximum absolute atomic E-state index is 13.6. The number of methoxy groups -OCH3 is 1. The van der Waals surface area contributed by atoms with Crippen LogP contribution < -0.4 is 21.7 Å². The van der Waals surface area contributed by atoms with Gasteiger partial charge in [-0.2, -0.15) is 0 Å². The zero-order valence-electron chi connectivity index (χ0n) is 22.2. The number of carbonyl (C=O) groups excluding carboxylic acids is 3. The van der Waals surface area contributed by atoms with E-state index in [0.717, 1.165) is 5.69 Å². The summed E-state index contributed by atoms with van der Waals surface area (Å²) in [4.78, 5) is 42.8. The van der Waals surface area contributed by atoms with Crippen molar-refractivity contribution in [2.75, 3.05) is 19.0 Å². The molecule has 6 N–H and O–H groups in total. The third-order valence-electron chi connectivity index (χ3n) is 6.07. The second-order valence-electron chi connectivity index (χ2n) is 9.28. The van der Waals surface area contributed by atoms with Gasteiger partial charge in [0.2, 0.25) is 11.8 Å². The summed E-state index contributed by atoms with van der Waals surface area (Å²) < 4.78 is 4.77. The van der Waals surface area contributed by atoms with Crippen LogP contribution in [0.15, 0.2) is 72.9 Å². The van der Waals surface area contributed by atoms with Crippen LogP contribution >= 0.6 is 0 Å². The minimum Gasteiger partial charge on any atom is -0.465 e. The Morgan fingerprint density at radius 2 is 1.72 bits per heavy atom. The van der Waals surface area contributed by atoms with Crippen LogP contribution in [0.25, 0.3) is 0 Å². The van der Waals surface area contributed by atoms with Gasteiger partial charge in [-0.3, -0.25) is 20.0 Å². The number of nitrogens with one attached hydrogen (secondary N) is 4. The maximum Gasteiger partial charge on any atom is 0.337 e. The smallest absolute Gasteiger partial charge is 0.337 e. The summed E-state index contributed by atoms with van der Waals surface area (Å²) in [5.41, 5.74) is 8.44. The molecule has 0 aliphatic heterocycles. The normalized spacial score (nSPS) is 12.2. The standard InChI is InChI=1S/C29H34N6O4/c1-18(2)24(27(36)33-16-14-22-8-4-5-15-32-22)35-28(37)25(19-10-12-20(13-11-19)29(38)39-3)34-23-9-6-7-21(17-23)26(30)31/h4-13,15,17-18,24-25,34H,14,16H2,1-3H3,(H3,30,31)(H,33,36)(H,35,37). The average Bonchev–Trinajstić information content (AvgIpc) is 2.94. The van der Waals surface area contributed by atoms with Crippen LogP contribution in [0, 0.1) is 11.3 Å². The van der Waals surface area contributed by atoms with Gasteiger partial charge in [0.05, 0.1) is 12.7 Å². The molecule has 2 atom stereocenters. The molecule has 0 spiro atoms. The van der Waals surface area contributed by atoms with Gasteiger partial charge in [-0.25, -0.2) is 4.79 Å². The van der Waals surface area contributed by atoms with E-state index in [9.17, 15) is 14.4 Å². The number of ether oxygens (including phenoxy) is 1. The fourth-order valence-electron chi connectivity index (χ4n) is 3.91. The van der Waals surface area contributed by atoms with Crippen molar-refractivity contribution in [2.24, 2.45) is 11.7 Å². The van der Waals surface area contributed by atoms with Crippen molar-refractivity contribution in [3.8, 4) is 0 Å². The molecule has 2 amide bonds. The van der Waals surface area contributed by atoms with Crippen molar-refractivity contribution in [3.63, 3.8) is 0 Å². The predicted octanol–water partition coefficient (Wildman–Crippen LogP) is 2.81. The number of carbonyl (C=O) groups is 3. The highest BCUT2D eigenvalue weighted by molar-refractivity contribution is 5.96. The number of rotatable bonds is 12. The van der Waals surface area contributed by atoms with E-state index in [1.807, 2.05) is 32.0 Å². The molecule has 0 saturated carbocycles. The lowest BCUT2D eigenvalue weighted by molar-refractivity contribution is -0.130. The molecule has 3 rings (SSSR count). The lowest BCUT2D eigenvalue weighted by Crippen LogP contribution is -2.51. The molecule has 1 aromatic heterocycles. The third kappa shape index (κ3) is 8.13. The van der Waals surface area contributed by atoms with E-state index in [0.29, 0.717) is 35.3 Å². The topological polar surface area (TPSA) is 159 Å². The van der Waals surface area contributed by atoms with Crippen LogP contribution in [0.3, 0.4) is 0 Å². The number of nitrogens with two attached hydrogens (primary N) is 1. The molecule has 10 nitrogen and oxygen atoms in total. The molecule has 0 radical (unpaired) electrons.